The Morgan fingerprint density at radius 3 is 3.00 bits per heavy atom. The van der Waals surface area contributed by atoms with Crippen LogP contribution in [0.4, 0.5) is 0 Å². The third kappa shape index (κ3) is 2.76. The highest BCUT2D eigenvalue weighted by atomic mass is 32.1. The molecule has 1 aromatic rings. The van der Waals surface area contributed by atoms with Crippen molar-refractivity contribution in [3.05, 3.63) is 34.5 Å². The summed E-state index contributed by atoms with van der Waals surface area (Å²) in [5.74, 6) is 0.393. The molecule has 0 radical (unpaired) electrons. The first-order valence-electron chi connectivity index (χ1n) is 5.23. The molecule has 80 valence electrons. The molecule has 1 aliphatic rings. The number of hydrogen-bond acceptors (Lipinski definition) is 3. The van der Waals surface area contributed by atoms with Gasteiger partial charge in [-0.25, -0.2) is 0 Å². The minimum Gasteiger partial charge on any atom is -0.324 e. The quantitative estimate of drug-likeness (QED) is 0.792. The van der Waals surface area contributed by atoms with E-state index in [2.05, 4.69) is 11.4 Å². The first kappa shape index (κ1) is 10.6. The lowest BCUT2D eigenvalue weighted by molar-refractivity contribution is -0.121. The second-order valence-corrected chi connectivity index (χ2v) is 4.77. The molecule has 15 heavy (non-hydrogen) atoms. The van der Waals surface area contributed by atoms with Crippen molar-refractivity contribution in [1.29, 1.82) is 0 Å². The van der Waals surface area contributed by atoms with E-state index in [4.69, 9.17) is 5.73 Å². The Kier molecular flexibility index (Phi) is 3.34. The van der Waals surface area contributed by atoms with Crippen molar-refractivity contribution in [3.63, 3.8) is 0 Å². The molecule has 0 aromatic carbocycles. The lowest BCUT2D eigenvalue weighted by Gasteiger charge is -2.07. The summed E-state index contributed by atoms with van der Waals surface area (Å²) in [6.45, 7) is 0. The van der Waals surface area contributed by atoms with Crippen LogP contribution in [0.1, 0.15) is 18.4 Å². The second-order valence-electron chi connectivity index (χ2n) is 3.99. The van der Waals surface area contributed by atoms with E-state index in [-0.39, 0.29) is 12.0 Å². The fraction of sp³-hybridized carbons (Fsp3) is 0.417. The number of hydrogen-bond donors (Lipinski definition) is 1. The van der Waals surface area contributed by atoms with Crippen LogP contribution in [-0.2, 0) is 11.2 Å². The van der Waals surface area contributed by atoms with Gasteiger partial charge in [0.1, 0.15) is 5.78 Å². The van der Waals surface area contributed by atoms with Crippen LogP contribution in [0.25, 0.3) is 0 Å². The fourth-order valence-corrected chi connectivity index (χ4v) is 2.56. The monoisotopic (exact) mass is 221 g/mol. The summed E-state index contributed by atoms with van der Waals surface area (Å²) < 4.78 is 0. The predicted octanol–water partition coefficient (Wildman–Crippen LogP) is 2.15. The maximum atomic E-state index is 11.8. The lowest BCUT2D eigenvalue weighted by Crippen LogP contribution is -2.19. The van der Waals surface area contributed by atoms with Crippen LogP contribution in [0.15, 0.2) is 29.0 Å². The molecule has 0 spiro atoms. The van der Waals surface area contributed by atoms with E-state index >= 15 is 0 Å². The van der Waals surface area contributed by atoms with E-state index < -0.39 is 0 Å². The zero-order valence-electron chi connectivity index (χ0n) is 8.56. The molecule has 1 aromatic heterocycles. The molecule has 0 fully saturated rings. The molecule has 1 heterocycles. The largest absolute Gasteiger partial charge is 0.324 e. The van der Waals surface area contributed by atoms with Crippen LogP contribution in [0.5, 0.6) is 0 Å². The molecule has 0 saturated heterocycles. The number of nitrogens with two attached hydrogens (primary N) is 1. The third-order valence-electron chi connectivity index (χ3n) is 2.77. The minimum absolute atomic E-state index is 0.0682. The Balaban J connectivity index is 1.81. The van der Waals surface area contributed by atoms with Crippen molar-refractivity contribution in [1.82, 2.24) is 0 Å². The summed E-state index contributed by atoms with van der Waals surface area (Å²) in [7, 11) is 0. The molecule has 2 nitrogen and oxygen atoms in total. The van der Waals surface area contributed by atoms with Gasteiger partial charge < -0.3 is 5.73 Å². The minimum atomic E-state index is 0.0682. The molecule has 2 N–H and O–H groups in total. The highest BCUT2D eigenvalue weighted by molar-refractivity contribution is 7.07. The number of ketones is 1. The number of allylic oxidation sites excluding steroid dienone is 1. The van der Waals surface area contributed by atoms with Crippen LogP contribution in [0, 0.1) is 5.92 Å². The Hall–Kier alpha value is -0.930. The molecule has 0 bridgehead atoms. The van der Waals surface area contributed by atoms with Gasteiger partial charge in [0.15, 0.2) is 0 Å². The van der Waals surface area contributed by atoms with Crippen molar-refractivity contribution in [2.24, 2.45) is 11.7 Å². The van der Waals surface area contributed by atoms with Crippen LogP contribution < -0.4 is 5.73 Å². The van der Waals surface area contributed by atoms with E-state index in [1.165, 1.54) is 5.56 Å². The smallest absolute Gasteiger partial charge is 0.140 e. The lowest BCUT2D eigenvalue weighted by atomic mass is 9.98. The molecular weight excluding hydrogens is 206 g/mol. The van der Waals surface area contributed by atoms with Crippen molar-refractivity contribution in [2.75, 3.05) is 0 Å². The number of carbonyl (C=O) groups excluding carboxylic acids is 1. The van der Waals surface area contributed by atoms with Crippen LogP contribution in [-0.4, -0.2) is 11.8 Å². The van der Waals surface area contributed by atoms with Gasteiger partial charge in [-0.1, -0.05) is 12.2 Å². The highest BCUT2D eigenvalue weighted by Crippen LogP contribution is 2.20. The van der Waals surface area contributed by atoms with Crippen molar-refractivity contribution >= 4 is 17.1 Å². The Morgan fingerprint density at radius 2 is 2.40 bits per heavy atom. The average Bonchev–Trinajstić information content (AvgIpc) is 2.84. The number of Topliss-reactive ketones (excluding diaryl/α,β-unsaturated/α-hetero) is 1. The van der Waals surface area contributed by atoms with E-state index in [0.29, 0.717) is 12.2 Å². The summed E-state index contributed by atoms with van der Waals surface area (Å²) in [5, 5.41) is 4.15. The molecule has 1 aliphatic carbocycles. The van der Waals surface area contributed by atoms with Crippen molar-refractivity contribution in [2.45, 2.75) is 25.3 Å². The summed E-state index contributed by atoms with van der Waals surface area (Å²) >= 11 is 1.68. The average molecular weight is 221 g/mol. The standard InChI is InChI=1S/C12H15NOS/c13-11-3-2-10(7-11)12(14)4-1-9-5-6-15-8-9/h2-3,5-6,8,10-11H,1,4,7,13H2. The normalized spacial score (nSPS) is 24.6. The maximum Gasteiger partial charge on any atom is 0.140 e. The van der Waals surface area contributed by atoms with Gasteiger partial charge >= 0.3 is 0 Å². The zero-order valence-corrected chi connectivity index (χ0v) is 9.37. The third-order valence-corrected chi connectivity index (χ3v) is 3.50. The second kappa shape index (κ2) is 4.73. The van der Waals surface area contributed by atoms with Gasteiger partial charge in [-0.3, -0.25) is 4.79 Å². The summed E-state index contributed by atoms with van der Waals surface area (Å²) in [6.07, 6.45) is 6.19. The SMILES string of the molecule is NC1C=CC(C(=O)CCc2ccsc2)C1. The fourth-order valence-electron chi connectivity index (χ4n) is 1.85. The molecule has 2 atom stereocenters. The van der Waals surface area contributed by atoms with Crippen LogP contribution >= 0.6 is 11.3 Å². The van der Waals surface area contributed by atoms with Gasteiger partial charge in [-0.15, -0.1) is 0 Å². The summed E-state index contributed by atoms with van der Waals surface area (Å²) in [6, 6.07) is 2.16. The number of rotatable bonds is 4. The van der Waals surface area contributed by atoms with E-state index in [9.17, 15) is 4.79 Å². The molecule has 3 heteroatoms. The highest BCUT2D eigenvalue weighted by Gasteiger charge is 2.21. The topological polar surface area (TPSA) is 43.1 Å². The Morgan fingerprint density at radius 1 is 1.53 bits per heavy atom. The first-order valence-corrected chi connectivity index (χ1v) is 6.17. The maximum absolute atomic E-state index is 11.8. The summed E-state index contributed by atoms with van der Waals surface area (Å²) in [5.41, 5.74) is 6.98. The molecule has 0 amide bonds. The first-order chi connectivity index (χ1) is 7.25. The zero-order chi connectivity index (χ0) is 10.7. The number of thiophene rings is 1. The molecule has 2 unspecified atom stereocenters. The summed E-state index contributed by atoms with van der Waals surface area (Å²) in [4.78, 5) is 11.8. The Labute approximate surface area is 93.8 Å². The van der Waals surface area contributed by atoms with Gasteiger partial charge in [-0.2, -0.15) is 11.3 Å². The van der Waals surface area contributed by atoms with Gasteiger partial charge in [0.2, 0.25) is 0 Å². The van der Waals surface area contributed by atoms with E-state index in [0.717, 1.165) is 12.8 Å². The molecule has 0 saturated carbocycles. The van der Waals surface area contributed by atoms with Crippen LogP contribution in [0.2, 0.25) is 0 Å². The van der Waals surface area contributed by atoms with Gasteiger partial charge in [0.25, 0.3) is 0 Å². The molecule has 2 rings (SSSR count). The Bertz CT molecular complexity index is 356. The van der Waals surface area contributed by atoms with E-state index in [1.54, 1.807) is 11.3 Å². The van der Waals surface area contributed by atoms with Gasteiger partial charge in [0.05, 0.1) is 0 Å². The van der Waals surface area contributed by atoms with Crippen molar-refractivity contribution in [3.8, 4) is 0 Å². The van der Waals surface area contributed by atoms with Crippen molar-refractivity contribution < 1.29 is 4.79 Å². The number of aryl methyl sites for hydroxylation is 1. The van der Waals surface area contributed by atoms with Crippen LogP contribution in [0.3, 0.4) is 0 Å². The number of carbonyl (C=O) groups is 1. The molecule has 0 aliphatic heterocycles. The molecular formula is C12H15NOS. The predicted molar refractivity (Wildman–Crippen MR) is 62.9 cm³/mol. The van der Waals surface area contributed by atoms with Gasteiger partial charge in [-0.05, 0) is 35.2 Å². The van der Waals surface area contributed by atoms with Gasteiger partial charge in [0, 0.05) is 18.4 Å². The van der Waals surface area contributed by atoms with E-state index in [1.807, 2.05) is 17.5 Å².